The average molecular weight is 191 g/mol. The van der Waals surface area contributed by atoms with Crippen molar-refractivity contribution < 1.29 is 5.11 Å². The van der Waals surface area contributed by atoms with Gasteiger partial charge in [0.2, 0.25) is 0 Å². The van der Waals surface area contributed by atoms with E-state index in [0.717, 1.165) is 25.3 Å². The first kappa shape index (κ1) is 12.3. The van der Waals surface area contributed by atoms with E-state index < -0.39 is 0 Å². The molecule has 2 atom stereocenters. The van der Waals surface area contributed by atoms with E-state index in [0.29, 0.717) is 5.92 Å². The minimum absolute atomic E-state index is 0.182. The molecule has 3 heteroatoms. The van der Waals surface area contributed by atoms with Crippen LogP contribution >= 0.6 is 12.6 Å². The number of aliphatic hydroxyl groups excluding tert-OH is 1. The summed E-state index contributed by atoms with van der Waals surface area (Å²) in [6.45, 7) is 6.05. The molecule has 0 aromatic carbocycles. The topological polar surface area (TPSA) is 23.5 Å². The molecule has 2 nitrogen and oxygen atoms in total. The van der Waals surface area contributed by atoms with Crippen LogP contribution in [0.1, 0.15) is 20.3 Å². The molecule has 0 spiro atoms. The molecule has 0 fully saturated rings. The van der Waals surface area contributed by atoms with Crippen LogP contribution < -0.4 is 0 Å². The van der Waals surface area contributed by atoms with E-state index in [9.17, 15) is 0 Å². The maximum absolute atomic E-state index is 9.05. The SMILES string of the molecule is CC(O)CCN(C)CC(C)CS. The molecule has 0 bridgehead atoms. The summed E-state index contributed by atoms with van der Waals surface area (Å²) in [4.78, 5) is 2.24. The molecule has 0 aromatic heterocycles. The molecule has 0 saturated carbocycles. The molecule has 0 aromatic rings. The Balaban J connectivity index is 3.39. The number of nitrogens with zero attached hydrogens (tertiary/aromatic N) is 1. The van der Waals surface area contributed by atoms with Crippen molar-refractivity contribution in [2.45, 2.75) is 26.4 Å². The first-order valence-electron chi connectivity index (χ1n) is 4.53. The lowest BCUT2D eigenvalue weighted by atomic mass is 10.2. The molecule has 2 unspecified atom stereocenters. The van der Waals surface area contributed by atoms with E-state index in [4.69, 9.17) is 5.11 Å². The van der Waals surface area contributed by atoms with E-state index in [2.05, 4.69) is 31.5 Å². The molecular weight excluding hydrogens is 170 g/mol. The van der Waals surface area contributed by atoms with Crippen LogP contribution in [0.15, 0.2) is 0 Å². The zero-order valence-electron chi connectivity index (χ0n) is 8.32. The second-order valence-electron chi connectivity index (χ2n) is 3.69. The molecule has 0 aliphatic heterocycles. The third kappa shape index (κ3) is 6.95. The Labute approximate surface area is 81.4 Å². The smallest absolute Gasteiger partial charge is 0.0524 e. The Morgan fingerprint density at radius 3 is 2.42 bits per heavy atom. The quantitative estimate of drug-likeness (QED) is 0.617. The number of hydrogen-bond donors (Lipinski definition) is 2. The van der Waals surface area contributed by atoms with E-state index in [1.807, 2.05) is 6.92 Å². The van der Waals surface area contributed by atoms with Crippen LogP contribution in [0.2, 0.25) is 0 Å². The van der Waals surface area contributed by atoms with Gasteiger partial charge in [-0.25, -0.2) is 0 Å². The van der Waals surface area contributed by atoms with Gasteiger partial charge in [-0.3, -0.25) is 0 Å². The molecule has 1 N–H and O–H groups in total. The Bertz CT molecular complexity index is 109. The van der Waals surface area contributed by atoms with Gasteiger partial charge in [-0.05, 0) is 32.1 Å². The molecule has 0 aliphatic carbocycles. The summed E-state index contributed by atoms with van der Waals surface area (Å²) in [5.41, 5.74) is 0. The third-order valence-corrected chi connectivity index (χ3v) is 2.49. The van der Waals surface area contributed by atoms with Crippen LogP contribution in [0, 0.1) is 5.92 Å². The minimum atomic E-state index is -0.182. The molecule has 12 heavy (non-hydrogen) atoms. The van der Waals surface area contributed by atoms with Gasteiger partial charge >= 0.3 is 0 Å². The number of hydrogen-bond acceptors (Lipinski definition) is 3. The second-order valence-corrected chi connectivity index (χ2v) is 4.05. The maximum atomic E-state index is 9.05. The lowest BCUT2D eigenvalue weighted by Crippen LogP contribution is -2.27. The van der Waals surface area contributed by atoms with Crippen molar-refractivity contribution in [3.8, 4) is 0 Å². The minimum Gasteiger partial charge on any atom is -0.393 e. The first-order valence-corrected chi connectivity index (χ1v) is 5.17. The van der Waals surface area contributed by atoms with Gasteiger partial charge in [0.25, 0.3) is 0 Å². The van der Waals surface area contributed by atoms with Crippen LogP contribution in [0.25, 0.3) is 0 Å². The van der Waals surface area contributed by atoms with Gasteiger partial charge < -0.3 is 10.0 Å². The first-order chi connectivity index (χ1) is 5.56. The highest BCUT2D eigenvalue weighted by atomic mass is 32.1. The number of aliphatic hydroxyl groups is 1. The fourth-order valence-electron chi connectivity index (χ4n) is 1.09. The normalized spacial score (nSPS) is 16.5. The predicted molar refractivity (Wildman–Crippen MR) is 56.8 cm³/mol. The molecule has 0 rings (SSSR count). The van der Waals surface area contributed by atoms with Crippen molar-refractivity contribution in [2.75, 3.05) is 25.9 Å². The number of thiol groups is 1. The van der Waals surface area contributed by atoms with Crippen LogP contribution in [0.5, 0.6) is 0 Å². The maximum Gasteiger partial charge on any atom is 0.0524 e. The van der Waals surface area contributed by atoms with E-state index >= 15 is 0 Å². The standard InChI is InChI=1S/C9H21NOS/c1-8(7-12)6-10(3)5-4-9(2)11/h8-9,11-12H,4-7H2,1-3H3. The van der Waals surface area contributed by atoms with Crippen molar-refractivity contribution in [2.24, 2.45) is 5.92 Å². The predicted octanol–water partition coefficient (Wildman–Crippen LogP) is 1.26. The van der Waals surface area contributed by atoms with Gasteiger partial charge in [-0.2, -0.15) is 12.6 Å². The van der Waals surface area contributed by atoms with Crippen molar-refractivity contribution in [3.63, 3.8) is 0 Å². The molecule has 0 heterocycles. The molecule has 74 valence electrons. The summed E-state index contributed by atoms with van der Waals surface area (Å²) in [6, 6.07) is 0. The molecule has 0 aliphatic rings. The van der Waals surface area contributed by atoms with Gasteiger partial charge in [0.05, 0.1) is 6.10 Å². The fraction of sp³-hybridized carbons (Fsp3) is 1.00. The lowest BCUT2D eigenvalue weighted by molar-refractivity contribution is 0.161. The second kappa shape index (κ2) is 6.75. The van der Waals surface area contributed by atoms with Crippen molar-refractivity contribution in [3.05, 3.63) is 0 Å². The van der Waals surface area contributed by atoms with Gasteiger partial charge in [0, 0.05) is 13.1 Å². The lowest BCUT2D eigenvalue weighted by Gasteiger charge is -2.20. The molecule has 0 saturated heterocycles. The summed E-state index contributed by atoms with van der Waals surface area (Å²) >= 11 is 4.22. The van der Waals surface area contributed by atoms with Crippen molar-refractivity contribution >= 4 is 12.6 Å². The van der Waals surface area contributed by atoms with Crippen molar-refractivity contribution in [1.82, 2.24) is 4.90 Å². The Morgan fingerprint density at radius 2 is 2.00 bits per heavy atom. The van der Waals surface area contributed by atoms with E-state index in [1.165, 1.54) is 0 Å². The van der Waals surface area contributed by atoms with Crippen LogP contribution in [-0.4, -0.2) is 42.0 Å². The van der Waals surface area contributed by atoms with Gasteiger partial charge in [0.1, 0.15) is 0 Å². The monoisotopic (exact) mass is 191 g/mol. The molecule has 0 radical (unpaired) electrons. The Morgan fingerprint density at radius 1 is 1.42 bits per heavy atom. The van der Waals surface area contributed by atoms with Crippen LogP contribution in [0.4, 0.5) is 0 Å². The van der Waals surface area contributed by atoms with E-state index in [-0.39, 0.29) is 6.10 Å². The average Bonchev–Trinajstić information content (AvgIpc) is 2.00. The third-order valence-electron chi connectivity index (χ3n) is 1.86. The Kier molecular flexibility index (Phi) is 6.90. The van der Waals surface area contributed by atoms with Crippen molar-refractivity contribution in [1.29, 1.82) is 0 Å². The van der Waals surface area contributed by atoms with Gasteiger partial charge in [0.15, 0.2) is 0 Å². The van der Waals surface area contributed by atoms with Gasteiger partial charge in [-0.15, -0.1) is 0 Å². The molecule has 0 amide bonds. The molecular formula is C9H21NOS. The fourth-order valence-corrected chi connectivity index (χ4v) is 1.20. The zero-order valence-corrected chi connectivity index (χ0v) is 9.22. The van der Waals surface area contributed by atoms with Crippen LogP contribution in [0.3, 0.4) is 0 Å². The highest BCUT2D eigenvalue weighted by Crippen LogP contribution is 2.01. The summed E-state index contributed by atoms with van der Waals surface area (Å²) in [7, 11) is 2.09. The number of rotatable bonds is 6. The summed E-state index contributed by atoms with van der Waals surface area (Å²) in [5.74, 6) is 1.56. The highest BCUT2D eigenvalue weighted by molar-refractivity contribution is 7.80. The largest absolute Gasteiger partial charge is 0.393 e. The zero-order chi connectivity index (χ0) is 9.56. The van der Waals surface area contributed by atoms with E-state index in [1.54, 1.807) is 0 Å². The Hall–Kier alpha value is 0.270. The van der Waals surface area contributed by atoms with Crippen LogP contribution in [-0.2, 0) is 0 Å². The summed E-state index contributed by atoms with van der Waals surface area (Å²) in [6.07, 6.45) is 0.675. The summed E-state index contributed by atoms with van der Waals surface area (Å²) in [5, 5.41) is 9.05. The van der Waals surface area contributed by atoms with Gasteiger partial charge in [-0.1, -0.05) is 6.92 Å². The summed E-state index contributed by atoms with van der Waals surface area (Å²) < 4.78 is 0. The highest BCUT2D eigenvalue weighted by Gasteiger charge is 2.05.